The van der Waals surface area contributed by atoms with E-state index in [4.69, 9.17) is 9.94 Å². The van der Waals surface area contributed by atoms with Gasteiger partial charge in [0.05, 0.1) is 12.3 Å². The van der Waals surface area contributed by atoms with Gasteiger partial charge in [0.2, 0.25) is 0 Å². The van der Waals surface area contributed by atoms with E-state index in [2.05, 4.69) is 21.1 Å². The Labute approximate surface area is 84.1 Å². The van der Waals surface area contributed by atoms with Crippen LogP contribution in [0.1, 0.15) is 12.0 Å². The van der Waals surface area contributed by atoms with Crippen molar-refractivity contribution >= 4 is 21.6 Å². The van der Waals surface area contributed by atoms with E-state index in [0.29, 0.717) is 18.7 Å². The average Bonchev–Trinajstić information content (AvgIpc) is 2.17. The standard InChI is InChI=1S/C9H8BrNO2/c10-6-1-2-9-7(5-6)8(11-12)3-4-13-9/h1-2,5,12H,3-4H2. The van der Waals surface area contributed by atoms with Crippen LogP contribution < -0.4 is 4.74 Å². The maximum Gasteiger partial charge on any atom is 0.128 e. The molecule has 1 aromatic carbocycles. The molecule has 68 valence electrons. The first kappa shape index (κ1) is 8.56. The molecule has 4 heteroatoms. The zero-order valence-electron chi connectivity index (χ0n) is 6.83. The monoisotopic (exact) mass is 241 g/mol. The summed E-state index contributed by atoms with van der Waals surface area (Å²) in [6, 6.07) is 5.66. The van der Waals surface area contributed by atoms with Crippen molar-refractivity contribution in [2.24, 2.45) is 5.16 Å². The highest BCUT2D eigenvalue weighted by Gasteiger charge is 2.16. The molecule has 13 heavy (non-hydrogen) atoms. The van der Waals surface area contributed by atoms with Gasteiger partial charge in [-0.15, -0.1) is 0 Å². The van der Waals surface area contributed by atoms with Crippen LogP contribution >= 0.6 is 15.9 Å². The number of benzene rings is 1. The first-order valence-corrected chi connectivity index (χ1v) is 4.74. The Bertz CT molecular complexity index is 363. The van der Waals surface area contributed by atoms with Crippen molar-refractivity contribution in [3.63, 3.8) is 0 Å². The largest absolute Gasteiger partial charge is 0.492 e. The second-order valence-corrected chi connectivity index (χ2v) is 3.70. The molecule has 1 aliphatic rings. The second kappa shape index (κ2) is 3.38. The average molecular weight is 242 g/mol. The van der Waals surface area contributed by atoms with Crippen LogP contribution in [0.3, 0.4) is 0 Å². The Morgan fingerprint density at radius 3 is 3.08 bits per heavy atom. The lowest BCUT2D eigenvalue weighted by atomic mass is 10.0. The molecule has 0 radical (unpaired) electrons. The number of hydrogen-bond donors (Lipinski definition) is 1. The molecule has 0 aromatic heterocycles. The van der Waals surface area contributed by atoms with Crippen LogP contribution in [-0.2, 0) is 0 Å². The summed E-state index contributed by atoms with van der Waals surface area (Å²) < 4.78 is 6.35. The van der Waals surface area contributed by atoms with Crippen LogP contribution in [0.5, 0.6) is 5.75 Å². The lowest BCUT2D eigenvalue weighted by Crippen LogP contribution is -2.16. The number of ether oxygens (including phenoxy) is 1. The van der Waals surface area contributed by atoms with Gasteiger partial charge in [-0.2, -0.15) is 0 Å². The van der Waals surface area contributed by atoms with Crippen LogP contribution in [0.4, 0.5) is 0 Å². The number of hydrogen-bond acceptors (Lipinski definition) is 3. The molecule has 1 heterocycles. The Balaban J connectivity index is 2.54. The van der Waals surface area contributed by atoms with Crippen molar-refractivity contribution in [2.45, 2.75) is 6.42 Å². The normalized spacial score (nSPS) is 18.1. The summed E-state index contributed by atoms with van der Waals surface area (Å²) in [4.78, 5) is 0. The minimum absolute atomic E-state index is 0.577. The van der Waals surface area contributed by atoms with Crippen molar-refractivity contribution in [2.75, 3.05) is 6.61 Å². The van der Waals surface area contributed by atoms with Crippen LogP contribution in [0.15, 0.2) is 27.8 Å². The number of rotatable bonds is 0. The maximum absolute atomic E-state index is 8.75. The molecule has 0 aliphatic carbocycles. The highest BCUT2D eigenvalue weighted by molar-refractivity contribution is 9.10. The summed E-state index contributed by atoms with van der Waals surface area (Å²) in [5, 5.41) is 12.0. The Hall–Kier alpha value is -1.03. The molecule has 0 saturated carbocycles. The fraction of sp³-hybridized carbons (Fsp3) is 0.222. The summed E-state index contributed by atoms with van der Waals surface area (Å²) >= 11 is 3.35. The molecule has 0 amide bonds. The van der Waals surface area contributed by atoms with E-state index in [1.807, 2.05) is 18.2 Å². The number of oxime groups is 1. The maximum atomic E-state index is 8.75. The van der Waals surface area contributed by atoms with Gasteiger partial charge in [-0.1, -0.05) is 21.1 Å². The van der Waals surface area contributed by atoms with Crippen LogP contribution in [0, 0.1) is 0 Å². The van der Waals surface area contributed by atoms with E-state index in [0.717, 1.165) is 15.8 Å². The second-order valence-electron chi connectivity index (χ2n) is 2.79. The van der Waals surface area contributed by atoms with E-state index in [-0.39, 0.29) is 0 Å². The zero-order chi connectivity index (χ0) is 9.26. The summed E-state index contributed by atoms with van der Waals surface area (Å²) in [6.45, 7) is 0.577. The van der Waals surface area contributed by atoms with Gasteiger partial charge in [0.15, 0.2) is 0 Å². The van der Waals surface area contributed by atoms with Gasteiger partial charge in [0.25, 0.3) is 0 Å². The van der Waals surface area contributed by atoms with E-state index in [9.17, 15) is 0 Å². The minimum atomic E-state index is 0.577. The summed E-state index contributed by atoms with van der Waals surface area (Å²) in [7, 11) is 0. The molecular formula is C9H8BrNO2. The summed E-state index contributed by atoms with van der Waals surface area (Å²) in [6.07, 6.45) is 0.653. The third kappa shape index (κ3) is 1.54. The Morgan fingerprint density at radius 1 is 1.46 bits per heavy atom. The fourth-order valence-corrected chi connectivity index (χ4v) is 1.71. The molecular weight excluding hydrogens is 234 g/mol. The van der Waals surface area contributed by atoms with Gasteiger partial charge in [0, 0.05) is 16.5 Å². The van der Waals surface area contributed by atoms with Gasteiger partial charge in [-0.05, 0) is 18.2 Å². The summed E-state index contributed by atoms with van der Waals surface area (Å²) in [5.74, 6) is 0.780. The van der Waals surface area contributed by atoms with E-state index in [1.165, 1.54) is 0 Å². The first-order chi connectivity index (χ1) is 6.31. The lowest BCUT2D eigenvalue weighted by molar-refractivity contribution is 0.298. The quantitative estimate of drug-likeness (QED) is 0.560. The molecule has 3 nitrogen and oxygen atoms in total. The number of halogens is 1. The van der Waals surface area contributed by atoms with Crippen LogP contribution in [0.25, 0.3) is 0 Å². The van der Waals surface area contributed by atoms with Gasteiger partial charge in [0.1, 0.15) is 5.75 Å². The van der Waals surface area contributed by atoms with Gasteiger partial charge >= 0.3 is 0 Å². The molecule has 0 atom stereocenters. The number of fused-ring (bicyclic) bond motifs is 1. The Morgan fingerprint density at radius 2 is 2.31 bits per heavy atom. The first-order valence-electron chi connectivity index (χ1n) is 3.95. The zero-order valence-corrected chi connectivity index (χ0v) is 8.41. The molecule has 1 aliphatic heterocycles. The third-order valence-electron chi connectivity index (χ3n) is 1.97. The van der Waals surface area contributed by atoms with E-state index >= 15 is 0 Å². The topological polar surface area (TPSA) is 41.8 Å². The molecule has 0 fully saturated rings. The lowest BCUT2D eigenvalue weighted by Gasteiger charge is -2.17. The van der Waals surface area contributed by atoms with Crippen molar-refractivity contribution in [1.29, 1.82) is 0 Å². The predicted octanol–water partition coefficient (Wildman–Crippen LogP) is 2.41. The van der Waals surface area contributed by atoms with Crippen LogP contribution in [-0.4, -0.2) is 17.5 Å². The Kier molecular flexibility index (Phi) is 2.22. The van der Waals surface area contributed by atoms with E-state index in [1.54, 1.807) is 0 Å². The van der Waals surface area contributed by atoms with Gasteiger partial charge < -0.3 is 9.94 Å². The number of nitrogens with zero attached hydrogens (tertiary/aromatic N) is 1. The van der Waals surface area contributed by atoms with Crippen molar-refractivity contribution in [1.82, 2.24) is 0 Å². The predicted molar refractivity (Wildman–Crippen MR) is 52.6 cm³/mol. The smallest absolute Gasteiger partial charge is 0.128 e. The third-order valence-corrected chi connectivity index (χ3v) is 2.46. The van der Waals surface area contributed by atoms with Crippen molar-refractivity contribution < 1.29 is 9.94 Å². The minimum Gasteiger partial charge on any atom is -0.492 e. The molecule has 1 N–H and O–H groups in total. The summed E-state index contributed by atoms with van der Waals surface area (Å²) in [5.41, 5.74) is 1.55. The van der Waals surface area contributed by atoms with Gasteiger partial charge in [-0.25, -0.2) is 0 Å². The van der Waals surface area contributed by atoms with E-state index < -0.39 is 0 Å². The molecule has 1 aromatic rings. The fourth-order valence-electron chi connectivity index (χ4n) is 1.35. The van der Waals surface area contributed by atoms with Crippen molar-refractivity contribution in [3.8, 4) is 5.75 Å². The molecule has 2 rings (SSSR count). The molecule has 0 saturated heterocycles. The highest BCUT2D eigenvalue weighted by Crippen LogP contribution is 2.27. The molecule has 0 bridgehead atoms. The molecule has 0 unspecified atom stereocenters. The van der Waals surface area contributed by atoms with Gasteiger partial charge in [-0.3, -0.25) is 0 Å². The van der Waals surface area contributed by atoms with Crippen molar-refractivity contribution in [3.05, 3.63) is 28.2 Å². The molecule has 0 spiro atoms. The van der Waals surface area contributed by atoms with Crippen LogP contribution in [0.2, 0.25) is 0 Å². The highest BCUT2D eigenvalue weighted by atomic mass is 79.9. The SMILES string of the molecule is ON=C1CCOc2ccc(Br)cc21.